The van der Waals surface area contributed by atoms with E-state index in [9.17, 15) is 4.79 Å². The molecule has 56 valence electrons. The number of hydrogen-bond donors (Lipinski definition) is 0. The van der Waals surface area contributed by atoms with Crippen molar-refractivity contribution < 1.29 is 9.53 Å². The first-order valence-corrected chi connectivity index (χ1v) is 3.57. The SMILES string of the molecule is C=CC1CCC(C)OC1=O. The average molecular weight is 140 g/mol. The molecule has 0 aliphatic carbocycles. The number of ether oxygens (including phenoxy) is 1. The van der Waals surface area contributed by atoms with Crippen LogP contribution in [0.25, 0.3) is 0 Å². The lowest BCUT2D eigenvalue weighted by atomic mass is 9.99. The molecule has 2 unspecified atom stereocenters. The maximum Gasteiger partial charge on any atom is 0.313 e. The smallest absolute Gasteiger partial charge is 0.313 e. The Labute approximate surface area is 60.9 Å². The Morgan fingerprint density at radius 1 is 1.70 bits per heavy atom. The zero-order valence-electron chi connectivity index (χ0n) is 6.17. The van der Waals surface area contributed by atoms with Gasteiger partial charge in [-0.25, -0.2) is 0 Å². The monoisotopic (exact) mass is 140 g/mol. The number of carbonyl (C=O) groups is 1. The van der Waals surface area contributed by atoms with E-state index in [1.54, 1.807) is 6.08 Å². The molecule has 0 aromatic carbocycles. The summed E-state index contributed by atoms with van der Waals surface area (Å²) in [5.74, 6) is -0.176. The van der Waals surface area contributed by atoms with Crippen molar-refractivity contribution in [3.05, 3.63) is 12.7 Å². The van der Waals surface area contributed by atoms with Crippen molar-refractivity contribution in [1.82, 2.24) is 0 Å². The van der Waals surface area contributed by atoms with Crippen molar-refractivity contribution in [3.8, 4) is 0 Å². The zero-order chi connectivity index (χ0) is 7.56. The van der Waals surface area contributed by atoms with Gasteiger partial charge >= 0.3 is 5.97 Å². The first-order chi connectivity index (χ1) is 4.74. The molecule has 2 nitrogen and oxygen atoms in total. The van der Waals surface area contributed by atoms with Gasteiger partial charge in [-0.1, -0.05) is 6.08 Å². The standard InChI is InChI=1S/C8H12O2/c1-3-7-5-4-6(2)10-8(7)9/h3,6-7H,1,4-5H2,2H3. The molecule has 1 fully saturated rings. The van der Waals surface area contributed by atoms with Gasteiger partial charge < -0.3 is 4.74 Å². The van der Waals surface area contributed by atoms with E-state index in [1.165, 1.54) is 0 Å². The summed E-state index contributed by atoms with van der Waals surface area (Å²) in [6.45, 7) is 5.47. The highest BCUT2D eigenvalue weighted by Crippen LogP contribution is 2.20. The predicted octanol–water partition coefficient (Wildman–Crippen LogP) is 1.51. The molecular formula is C8H12O2. The highest BCUT2D eigenvalue weighted by Gasteiger charge is 2.24. The van der Waals surface area contributed by atoms with Gasteiger partial charge in [0, 0.05) is 0 Å². The highest BCUT2D eigenvalue weighted by atomic mass is 16.5. The molecule has 2 heteroatoms. The van der Waals surface area contributed by atoms with Crippen LogP contribution in [-0.2, 0) is 9.53 Å². The third-order valence-corrected chi connectivity index (χ3v) is 1.79. The molecule has 1 rings (SSSR count). The van der Waals surface area contributed by atoms with Gasteiger partial charge in [-0.3, -0.25) is 4.79 Å². The van der Waals surface area contributed by atoms with Gasteiger partial charge in [0.05, 0.1) is 12.0 Å². The van der Waals surface area contributed by atoms with E-state index < -0.39 is 0 Å². The van der Waals surface area contributed by atoms with Crippen LogP contribution in [0.1, 0.15) is 19.8 Å². The van der Waals surface area contributed by atoms with E-state index in [0.717, 1.165) is 12.8 Å². The molecule has 0 bridgehead atoms. The lowest BCUT2D eigenvalue weighted by Gasteiger charge is -2.23. The minimum Gasteiger partial charge on any atom is -0.462 e. The summed E-state index contributed by atoms with van der Waals surface area (Å²) in [4.78, 5) is 10.9. The second-order valence-corrected chi connectivity index (χ2v) is 2.67. The molecule has 1 aliphatic heterocycles. The maximum atomic E-state index is 10.9. The maximum absolute atomic E-state index is 10.9. The van der Waals surface area contributed by atoms with Gasteiger partial charge in [-0.05, 0) is 19.8 Å². The van der Waals surface area contributed by atoms with Crippen LogP contribution in [0.3, 0.4) is 0 Å². The summed E-state index contributed by atoms with van der Waals surface area (Å²) in [6, 6.07) is 0. The van der Waals surface area contributed by atoms with Gasteiger partial charge in [0.1, 0.15) is 0 Å². The summed E-state index contributed by atoms with van der Waals surface area (Å²) >= 11 is 0. The topological polar surface area (TPSA) is 26.3 Å². The summed E-state index contributed by atoms with van der Waals surface area (Å²) in [7, 11) is 0. The van der Waals surface area contributed by atoms with Crippen LogP contribution in [-0.4, -0.2) is 12.1 Å². The largest absolute Gasteiger partial charge is 0.462 e. The predicted molar refractivity (Wildman–Crippen MR) is 38.5 cm³/mol. The molecule has 1 saturated heterocycles. The van der Waals surface area contributed by atoms with Crippen LogP contribution in [0.15, 0.2) is 12.7 Å². The summed E-state index contributed by atoms with van der Waals surface area (Å²) in [6.07, 6.45) is 3.61. The average Bonchev–Trinajstić information content (AvgIpc) is 1.88. The van der Waals surface area contributed by atoms with Gasteiger partial charge in [-0.2, -0.15) is 0 Å². The van der Waals surface area contributed by atoms with Crippen molar-refractivity contribution in [2.24, 2.45) is 5.92 Å². The second kappa shape index (κ2) is 2.86. The van der Waals surface area contributed by atoms with Gasteiger partial charge in [0.15, 0.2) is 0 Å². The third kappa shape index (κ3) is 1.38. The molecule has 10 heavy (non-hydrogen) atoms. The first kappa shape index (κ1) is 7.32. The molecule has 2 atom stereocenters. The number of cyclic esters (lactones) is 1. The molecular weight excluding hydrogens is 128 g/mol. The van der Waals surface area contributed by atoms with E-state index >= 15 is 0 Å². The van der Waals surface area contributed by atoms with Crippen LogP contribution >= 0.6 is 0 Å². The molecule has 1 aliphatic rings. The fourth-order valence-electron chi connectivity index (χ4n) is 1.09. The molecule has 0 amide bonds. The fraction of sp³-hybridized carbons (Fsp3) is 0.625. The minimum atomic E-state index is -0.117. The van der Waals surface area contributed by atoms with Crippen LogP contribution in [0.4, 0.5) is 0 Å². The number of esters is 1. The Kier molecular flexibility index (Phi) is 2.10. The van der Waals surface area contributed by atoms with Gasteiger partial charge in [0.25, 0.3) is 0 Å². The Bertz CT molecular complexity index is 151. The van der Waals surface area contributed by atoms with Crippen molar-refractivity contribution in [2.45, 2.75) is 25.9 Å². The highest BCUT2D eigenvalue weighted by molar-refractivity contribution is 5.75. The second-order valence-electron chi connectivity index (χ2n) is 2.67. The fourth-order valence-corrected chi connectivity index (χ4v) is 1.09. The van der Waals surface area contributed by atoms with Crippen molar-refractivity contribution >= 4 is 5.97 Å². The molecule has 0 N–H and O–H groups in total. The summed E-state index contributed by atoms with van der Waals surface area (Å²) in [5, 5.41) is 0. The van der Waals surface area contributed by atoms with Crippen LogP contribution < -0.4 is 0 Å². The number of rotatable bonds is 1. The Balaban J connectivity index is 2.51. The van der Waals surface area contributed by atoms with E-state index in [-0.39, 0.29) is 18.0 Å². The summed E-state index contributed by atoms with van der Waals surface area (Å²) < 4.78 is 4.98. The van der Waals surface area contributed by atoms with E-state index in [4.69, 9.17) is 4.74 Å². The summed E-state index contributed by atoms with van der Waals surface area (Å²) in [5.41, 5.74) is 0. The van der Waals surface area contributed by atoms with Crippen molar-refractivity contribution in [2.75, 3.05) is 0 Å². The van der Waals surface area contributed by atoms with Gasteiger partial charge in [0.2, 0.25) is 0 Å². The van der Waals surface area contributed by atoms with Crippen LogP contribution in [0, 0.1) is 5.92 Å². The van der Waals surface area contributed by atoms with E-state index in [1.807, 2.05) is 6.92 Å². The zero-order valence-corrected chi connectivity index (χ0v) is 6.17. The van der Waals surface area contributed by atoms with Crippen molar-refractivity contribution in [1.29, 1.82) is 0 Å². The molecule has 0 radical (unpaired) electrons. The third-order valence-electron chi connectivity index (χ3n) is 1.79. The van der Waals surface area contributed by atoms with E-state index in [0.29, 0.717) is 0 Å². The molecule has 0 saturated carbocycles. The first-order valence-electron chi connectivity index (χ1n) is 3.57. The van der Waals surface area contributed by atoms with E-state index in [2.05, 4.69) is 6.58 Å². The Morgan fingerprint density at radius 2 is 2.40 bits per heavy atom. The lowest BCUT2D eigenvalue weighted by molar-refractivity contribution is -0.156. The molecule has 0 aromatic rings. The van der Waals surface area contributed by atoms with Crippen LogP contribution in [0.5, 0.6) is 0 Å². The lowest BCUT2D eigenvalue weighted by Crippen LogP contribution is -2.27. The van der Waals surface area contributed by atoms with Crippen LogP contribution in [0.2, 0.25) is 0 Å². The normalized spacial score (nSPS) is 33.1. The molecule has 0 spiro atoms. The Morgan fingerprint density at radius 3 is 2.90 bits per heavy atom. The number of carbonyl (C=O) groups excluding carboxylic acids is 1. The van der Waals surface area contributed by atoms with Crippen molar-refractivity contribution in [3.63, 3.8) is 0 Å². The molecule has 0 aromatic heterocycles. The number of hydrogen-bond acceptors (Lipinski definition) is 2. The minimum absolute atomic E-state index is 0.0591. The Hall–Kier alpha value is -0.790. The quantitative estimate of drug-likeness (QED) is 0.407. The molecule has 1 heterocycles. The van der Waals surface area contributed by atoms with Gasteiger partial charge in [-0.15, -0.1) is 6.58 Å².